The third-order valence-electron chi connectivity index (χ3n) is 2.82. The molecule has 0 unspecified atom stereocenters. The maximum Gasteiger partial charge on any atom is 0.146 e. The van der Waals surface area contributed by atoms with Gasteiger partial charge in [-0.1, -0.05) is 12.1 Å². The fourth-order valence-corrected chi connectivity index (χ4v) is 1.88. The first kappa shape index (κ1) is 12.4. The van der Waals surface area contributed by atoms with E-state index in [9.17, 15) is 0 Å². The average molecular weight is 245 g/mol. The highest BCUT2D eigenvalue weighted by Crippen LogP contribution is 2.23. The van der Waals surface area contributed by atoms with E-state index in [-0.39, 0.29) is 0 Å². The predicted octanol–water partition coefficient (Wildman–Crippen LogP) is 1.98. The van der Waals surface area contributed by atoms with Crippen molar-refractivity contribution in [2.75, 3.05) is 24.3 Å². The first-order chi connectivity index (χ1) is 8.72. The summed E-state index contributed by atoms with van der Waals surface area (Å²) in [6.45, 7) is 3.58. The smallest absolute Gasteiger partial charge is 0.146 e. The summed E-state index contributed by atoms with van der Waals surface area (Å²) >= 11 is 0. The molecule has 1 heterocycles. The maximum atomic E-state index is 4.25. The number of nitrogens with zero attached hydrogens (tertiary/aromatic N) is 4. The summed E-state index contributed by atoms with van der Waals surface area (Å²) in [7, 11) is 4.07. The third-order valence-corrected chi connectivity index (χ3v) is 2.82. The van der Waals surface area contributed by atoms with Crippen LogP contribution < -0.4 is 10.2 Å². The molecule has 0 bridgehead atoms. The largest absolute Gasteiger partial charge is 0.376 e. The Kier molecular flexibility index (Phi) is 3.82. The Morgan fingerprint density at radius 2 is 2.06 bits per heavy atom. The molecule has 18 heavy (non-hydrogen) atoms. The van der Waals surface area contributed by atoms with E-state index in [2.05, 4.69) is 39.4 Å². The van der Waals surface area contributed by atoms with Gasteiger partial charge >= 0.3 is 0 Å². The van der Waals surface area contributed by atoms with Gasteiger partial charge in [-0.15, -0.1) is 0 Å². The molecular formula is C13H19N5. The molecule has 1 aromatic carbocycles. The van der Waals surface area contributed by atoms with Crippen LogP contribution in [0.15, 0.2) is 30.6 Å². The number of rotatable bonds is 5. The van der Waals surface area contributed by atoms with Gasteiger partial charge in [0.15, 0.2) is 0 Å². The zero-order valence-corrected chi connectivity index (χ0v) is 11.1. The van der Waals surface area contributed by atoms with E-state index in [1.165, 1.54) is 5.69 Å². The van der Waals surface area contributed by atoms with Crippen molar-refractivity contribution < 1.29 is 0 Å². The van der Waals surface area contributed by atoms with Gasteiger partial charge in [0.25, 0.3) is 0 Å². The molecule has 0 saturated heterocycles. The first-order valence-electron chi connectivity index (χ1n) is 6.09. The van der Waals surface area contributed by atoms with Crippen LogP contribution in [0.4, 0.5) is 11.4 Å². The van der Waals surface area contributed by atoms with Crippen LogP contribution in [0.2, 0.25) is 0 Å². The van der Waals surface area contributed by atoms with E-state index >= 15 is 0 Å². The number of aromatic nitrogens is 3. The van der Waals surface area contributed by atoms with Crippen molar-refractivity contribution in [3.63, 3.8) is 0 Å². The van der Waals surface area contributed by atoms with Gasteiger partial charge in [-0.3, -0.25) is 0 Å². The van der Waals surface area contributed by atoms with Crippen LogP contribution in [0, 0.1) is 0 Å². The number of anilines is 2. The fourth-order valence-electron chi connectivity index (χ4n) is 1.88. The van der Waals surface area contributed by atoms with E-state index in [0.717, 1.165) is 18.1 Å². The molecule has 0 aliphatic heterocycles. The zero-order chi connectivity index (χ0) is 13.0. The van der Waals surface area contributed by atoms with Crippen molar-refractivity contribution in [1.29, 1.82) is 0 Å². The summed E-state index contributed by atoms with van der Waals surface area (Å²) in [4.78, 5) is 6.34. The number of benzene rings is 1. The fraction of sp³-hybridized carbons (Fsp3) is 0.385. The molecule has 0 aliphatic rings. The van der Waals surface area contributed by atoms with Gasteiger partial charge in [0.2, 0.25) is 0 Å². The monoisotopic (exact) mass is 245 g/mol. The summed E-state index contributed by atoms with van der Waals surface area (Å²) in [5.74, 6) is 0.950. The van der Waals surface area contributed by atoms with Gasteiger partial charge in [-0.05, 0) is 19.1 Å². The zero-order valence-electron chi connectivity index (χ0n) is 11.1. The van der Waals surface area contributed by atoms with Crippen molar-refractivity contribution in [2.24, 2.45) is 0 Å². The Bertz CT molecular complexity index is 504. The lowest BCUT2D eigenvalue weighted by Gasteiger charge is -2.18. The molecule has 0 spiro atoms. The highest BCUT2D eigenvalue weighted by molar-refractivity contribution is 5.69. The molecule has 0 atom stereocenters. The summed E-state index contributed by atoms with van der Waals surface area (Å²) in [6, 6.07) is 8.23. The van der Waals surface area contributed by atoms with Gasteiger partial charge < -0.3 is 10.2 Å². The number of hydrogen-bond acceptors (Lipinski definition) is 4. The Labute approximate surface area is 107 Å². The van der Waals surface area contributed by atoms with Gasteiger partial charge in [0.1, 0.15) is 12.2 Å². The maximum absolute atomic E-state index is 4.25. The summed E-state index contributed by atoms with van der Waals surface area (Å²) in [6.07, 6.45) is 1.60. The molecule has 2 rings (SSSR count). The van der Waals surface area contributed by atoms with Gasteiger partial charge in [0, 0.05) is 20.6 Å². The van der Waals surface area contributed by atoms with Crippen LogP contribution in [0.5, 0.6) is 0 Å². The minimum absolute atomic E-state index is 0.679. The molecule has 5 heteroatoms. The SMILES string of the molecule is CCn1ncnc1CNc1ccccc1N(C)C. The molecule has 2 aromatic rings. The van der Waals surface area contributed by atoms with E-state index in [1.54, 1.807) is 6.33 Å². The van der Waals surface area contributed by atoms with Gasteiger partial charge in [0.05, 0.1) is 17.9 Å². The summed E-state index contributed by atoms with van der Waals surface area (Å²) in [5, 5.41) is 7.57. The van der Waals surface area contributed by atoms with Crippen molar-refractivity contribution >= 4 is 11.4 Å². The van der Waals surface area contributed by atoms with Crippen molar-refractivity contribution in [3.8, 4) is 0 Å². The van der Waals surface area contributed by atoms with Crippen LogP contribution in [0.3, 0.4) is 0 Å². The number of aryl methyl sites for hydroxylation is 1. The van der Waals surface area contributed by atoms with E-state index in [0.29, 0.717) is 6.54 Å². The summed E-state index contributed by atoms with van der Waals surface area (Å²) < 4.78 is 1.89. The highest BCUT2D eigenvalue weighted by Gasteiger charge is 2.05. The summed E-state index contributed by atoms with van der Waals surface area (Å²) in [5.41, 5.74) is 2.27. The molecule has 0 saturated carbocycles. The second kappa shape index (κ2) is 5.53. The Morgan fingerprint density at radius 3 is 2.78 bits per heavy atom. The molecule has 0 aliphatic carbocycles. The predicted molar refractivity (Wildman–Crippen MR) is 73.8 cm³/mol. The van der Waals surface area contributed by atoms with E-state index in [4.69, 9.17) is 0 Å². The van der Waals surface area contributed by atoms with Gasteiger partial charge in [-0.2, -0.15) is 5.10 Å². The third kappa shape index (κ3) is 2.61. The van der Waals surface area contributed by atoms with Crippen LogP contribution in [-0.2, 0) is 13.1 Å². The Morgan fingerprint density at radius 1 is 1.28 bits per heavy atom. The second-order valence-electron chi connectivity index (χ2n) is 4.26. The molecular weight excluding hydrogens is 226 g/mol. The second-order valence-corrected chi connectivity index (χ2v) is 4.26. The lowest BCUT2D eigenvalue weighted by atomic mass is 10.2. The quantitative estimate of drug-likeness (QED) is 0.875. The Hall–Kier alpha value is -2.04. The molecule has 5 nitrogen and oxygen atoms in total. The molecule has 0 fully saturated rings. The van der Waals surface area contributed by atoms with Gasteiger partial charge in [-0.25, -0.2) is 9.67 Å². The molecule has 0 radical (unpaired) electrons. The van der Waals surface area contributed by atoms with Crippen molar-refractivity contribution in [3.05, 3.63) is 36.4 Å². The van der Waals surface area contributed by atoms with Crippen LogP contribution in [0.1, 0.15) is 12.7 Å². The van der Waals surface area contributed by atoms with Crippen LogP contribution >= 0.6 is 0 Å². The van der Waals surface area contributed by atoms with Crippen LogP contribution in [-0.4, -0.2) is 28.9 Å². The lowest BCUT2D eigenvalue weighted by molar-refractivity contribution is 0.622. The van der Waals surface area contributed by atoms with E-state index < -0.39 is 0 Å². The molecule has 0 amide bonds. The van der Waals surface area contributed by atoms with Crippen molar-refractivity contribution in [2.45, 2.75) is 20.0 Å². The molecule has 1 N–H and O–H groups in total. The molecule has 96 valence electrons. The number of nitrogens with one attached hydrogen (secondary N) is 1. The topological polar surface area (TPSA) is 46.0 Å². The first-order valence-corrected chi connectivity index (χ1v) is 6.09. The lowest BCUT2D eigenvalue weighted by Crippen LogP contribution is -2.13. The standard InChI is InChI=1S/C13H19N5/c1-4-18-13(15-10-16-18)9-14-11-7-5-6-8-12(11)17(2)3/h5-8,10,14H,4,9H2,1-3H3. The number of para-hydroxylation sites is 2. The minimum Gasteiger partial charge on any atom is -0.376 e. The number of hydrogen-bond donors (Lipinski definition) is 1. The Balaban J connectivity index is 2.11. The normalized spacial score (nSPS) is 10.4. The highest BCUT2D eigenvalue weighted by atomic mass is 15.3. The average Bonchev–Trinajstić information content (AvgIpc) is 2.84. The minimum atomic E-state index is 0.679. The van der Waals surface area contributed by atoms with Crippen LogP contribution in [0.25, 0.3) is 0 Å². The van der Waals surface area contributed by atoms with E-state index in [1.807, 2.05) is 30.9 Å². The molecule has 1 aromatic heterocycles. The van der Waals surface area contributed by atoms with Crippen molar-refractivity contribution in [1.82, 2.24) is 14.8 Å².